The summed E-state index contributed by atoms with van der Waals surface area (Å²) in [6.07, 6.45) is 3.90. The van der Waals surface area contributed by atoms with Gasteiger partial charge < -0.3 is 20.4 Å². The average Bonchev–Trinajstić information content (AvgIpc) is 2.68. The Morgan fingerprint density at radius 3 is 2.63 bits per heavy atom. The summed E-state index contributed by atoms with van der Waals surface area (Å²) in [5.74, 6) is 1.13. The van der Waals surface area contributed by atoms with Gasteiger partial charge in [-0.25, -0.2) is 0 Å². The standard InChI is InChI=1S/C21H28N4O2/c1-24-8-10-25(11-9-24)20(27)17-12-15-7-6-14(17)13-21(15)22-18-5-3-2-4-16(18)19(26)23-21/h2-5,14-15,17,22H,6-13H2,1H3,(H,23,26)/t14?,15?,17?,21-/m1/s1. The van der Waals surface area contributed by atoms with Gasteiger partial charge in [0.1, 0.15) is 5.66 Å². The van der Waals surface area contributed by atoms with Crippen LogP contribution in [0.25, 0.3) is 0 Å². The topological polar surface area (TPSA) is 64.7 Å². The highest BCUT2D eigenvalue weighted by Crippen LogP contribution is 2.52. The van der Waals surface area contributed by atoms with Gasteiger partial charge in [-0.2, -0.15) is 0 Å². The van der Waals surface area contributed by atoms with Crippen molar-refractivity contribution < 1.29 is 9.59 Å². The monoisotopic (exact) mass is 368 g/mol. The van der Waals surface area contributed by atoms with Crippen molar-refractivity contribution in [3.63, 3.8) is 0 Å². The first kappa shape index (κ1) is 17.0. The number of hydrogen-bond donors (Lipinski definition) is 2. The Kier molecular flexibility index (Phi) is 3.93. The molecular formula is C21H28N4O2. The molecule has 3 aliphatic carbocycles. The largest absolute Gasteiger partial charge is 0.362 e. The van der Waals surface area contributed by atoms with Crippen molar-refractivity contribution in [2.75, 3.05) is 38.5 Å². The van der Waals surface area contributed by atoms with Gasteiger partial charge in [0.2, 0.25) is 5.91 Å². The van der Waals surface area contributed by atoms with E-state index in [0.717, 1.165) is 63.1 Å². The van der Waals surface area contributed by atoms with Crippen LogP contribution in [0.3, 0.4) is 0 Å². The molecule has 144 valence electrons. The number of hydrogen-bond acceptors (Lipinski definition) is 4. The summed E-state index contributed by atoms with van der Waals surface area (Å²) >= 11 is 0. The van der Waals surface area contributed by atoms with E-state index in [2.05, 4.69) is 27.5 Å². The molecule has 2 heterocycles. The number of piperazine rings is 1. The quantitative estimate of drug-likeness (QED) is 0.793. The Hall–Kier alpha value is -2.08. The number of amides is 2. The van der Waals surface area contributed by atoms with Gasteiger partial charge in [0.05, 0.1) is 5.56 Å². The zero-order valence-corrected chi connectivity index (χ0v) is 15.9. The van der Waals surface area contributed by atoms with E-state index in [0.29, 0.717) is 17.7 Å². The third-order valence-electron chi connectivity index (χ3n) is 7.27. The highest BCUT2D eigenvalue weighted by molar-refractivity contribution is 6.02. The van der Waals surface area contributed by atoms with Crippen LogP contribution in [-0.4, -0.2) is 60.5 Å². The van der Waals surface area contributed by atoms with Crippen molar-refractivity contribution in [1.29, 1.82) is 0 Å². The molecule has 0 radical (unpaired) electrons. The van der Waals surface area contributed by atoms with Crippen LogP contribution in [-0.2, 0) is 4.79 Å². The Balaban J connectivity index is 1.35. The van der Waals surface area contributed by atoms with Crippen LogP contribution in [0.15, 0.2) is 24.3 Å². The minimum absolute atomic E-state index is 0.0128. The number of carbonyl (C=O) groups is 2. The molecule has 3 saturated carbocycles. The normalized spacial score (nSPS) is 35.5. The first-order valence-corrected chi connectivity index (χ1v) is 10.2. The molecule has 4 fully saturated rings. The van der Waals surface area contributed by atoms with E-state index in [1.807, 2.05) is 24.3 Å². The Labute approximate surface area is 160 Å². The average molecular weight is 368 g/mol. The molecule has 6 nitrogen and oxygen atoms in total. The second-order valence-corrected chi connectivity index (χ2v) is 8.81. The molecule has 6 rings (SSSR count). The summed E-state index contributed by atoms with van der Waals surface area (Å²) < 4.78 is 0. The van der Waals surface area contributed by atoms with Crippen LogP contribution in [0.4, 0.5) is 5.69 Å². The second kappa shape index (κ2) is 6.23. The lowest BCUT2D eigenvalue weighted by Gasteiger charge is -2.57. The van der Waals surface area contributed by atoms with E-state index in [1.54, 1.807) is 0 Å². The van der Waals surface area contributed by atoms with Crippen molar-refractivity contribution in [3.8, 4) is 0 Å². The predicted molar refractivity (Wildman–Crippen MR) is 103 cm³/mol. The molecule has 3 unspecified atom stereocenters. The Morgan fingerprint density at radius 1 is 1.11 bits per heavy atom. The summed E-state index contributed by atoms with van der Waals surface area (Å²) in [7, 11) is 2.11. The van der Waals surface area contributed by atoms with E-state index in [4.69, 9.17) is 0 Å². The summed E-state index contributed by atoms with van der Waals surface area (Å²) in [5.41, 5.74) is 1.26. The predicted octanol–water partition coefficient (Wildman–Crippen LogP) is 1.75. The maximum Gasteiger partial charge on any atom is 0.255 e. The third kappa shape index (κ3) is 2.73. The van der Waals surface area contributed by atoms with Gasteiger partial charge >= 0.3 is 0 Å². The zero-order valence-electron chi connectivity index (χ0n) is 15.9. The number of para-hydroxylation sites is 1. The number of anilines is 1. The molecule has 2 bridgehead atoms. The number of fused-ring (bicyclic) bond motifs is 3. The Morgan fingerprint density at radius 2 is 1.89 bits per heavy atom. The maximum absolute atomic E-state index is 13.2. The van der Waals surface area contributed by atoms with Crippen LogP contribution in [0, 0.1) is 17.8 Å². The van der Waals surface area contributed by atoms with Crippen LogP contribution < -0.4 is 10.6 Å². The van der Waals surface area contributed by atoms with Gasteiger partial charge in [-0.1, -0.05) is 12.1 Å². The van der Waals surface area contributed by atoms with Crippen molar-refractivity contribution in [2.24, 2.45) is 17.8 Å². The molecule has 0 aromatic heterocycles. The van der Waals surface area contributed by atoms with Gasteiger partial charge in [-0.15, -0.1) is 0 Å². The highest BCUT2D eigenvalue weighted by atomic mass is 16.2. The lowest BCUT2D eigenvalue weighted by molar-refractivity contribution is -0.144. The highest BCUT2D eigenvalue weighted by Gasteiger charge is 2.55. The summed E-state index contributed by atoms with van der Waals surface area (Å²) in [4.78, 5) is 30.2. The van der Waals surface area contributed by atoms with Crippen LogP contribution in [0.1, 0.15) is 36.0 Å². The van der Waals surface area contributed by atoms with Crippen LogP contribution in [0.2, 0.25) is 0 Å². The van der Waals surface area contributed by atoms with Gasteiger partial charge in [0, 0.05) is 43.7 Å². The number of nitrogens with zero attached hydrogens (tertiary/aromatic N) is 2. The molecule has 27 heavy (non-hydrogen) atoms. The number of carbonyl (C=O) groups excluding carboxylic acids is 2. The molecule has 4 atom stereocenters. The molecular weight excluding hydrogens is 340 g/mol. The number of nitrogens with one attached hydrogen (secondary N) is 2. The zero-order chi connectivity index (χ0) is 18.6. The van der Waals surface area contributed by atoms with Crippen molar-refractivity contribution in [2.45, 2.75) is 31.3 Å². The van der Waals surface area contributed by atoms with Crippen molar-refractivity contribution >= 4 is 17.5 Å². The number of likely N-dealkylation sites (N-methyl/N-ethyl adjacent to an activating group) is 1. The fourth-order valence-electron chi connectivity index (χ4n) is 5.71. The summed E-state index contributed by atoms with van der Waals surface area (Å²) in [6, 6.07) is 7.73. The van der Waals surface area contributed by atoms with Crippen LogP contribution in [0.5, 0.6) is 0 Å². The molecule has 2 amide bonds. The molecule has 1 aromatic rings. The fraction of sp³-hybridized carbons (Fsp3) is 0.619. The van der Waals surface area contributed by atoms with Crippen molar-refractivity contribution in [3.05, 3.63) is 29.8 Å². The first-order chi connectivity index (χ1) is 13.1. The lowest BCUT2D eigenvalue weighted by atomic mass is 9.58. The molecule has 6 heteroatoms. The van der Waals surface area contributed by atoms with E-state index in [9.17, 15) is 9.59 Å². The SMILES string of the molecule is CN1CCN(C(=O)C2CC3CCC2C[C@@]32NC(=O)c3ccccc3N2)CC1. The van der Waals surface area contributed by atoms with Gasteiger partial charge in [-0.05, 0) is 50.8 Å². The number of benzene rings is 1. The van der Waals surface area contributed by atoms with Gasteiger partial charge in [0.25, 0.3) is 5.91 Å². The van der Waals surface area contributed by atoms with E-state index in [-0.39, 0.29) is 17.5 Å². The molecule has 2 N–H and O–H groups in total. The minimum Gasteiger partial charge on any atom is -0.362 e. The maximum atomic E-state index is 13.2. The first-order valence-electron chi connectivity index (χ1n) is 10.2. The molecule has 1 saturated heterocycles. The minimum atomic E-state index is -0.382. The number of rotatable bonds is 1. The summed E-state index contributed by atoms with van der Waals surface area (Å²) in [6.45, 7) is 3.61. The molecule has 2 aliphatic heterocycles. The van der Waals surface area contributed by atoms with Gasteiger partial charge in [0.15, 0.2) is 0 Å². The smallest absolute Gasteiger partial charge is 0.255 e. The van der Waals surface area contributed by atoms with E-state index >= 15 is 0 Å². The third-order valence-corrected chi connectivity index (χ3v) is 7.27. The van der Waals surface area contributed by atoms with Gasteiger partial charge in [-0.3, -0.25) is 9.59 Å². The van der Waals surface area contributed by atoms with E-state index in [1.165, 1.54) is 0 Å². The fourth-order valence-corrected chi connectivity index (χ4v) is 5.71. The lowest BCUT2D eigenvalue weighted by Crippen LogP contribution is -2.68. The van der Waals surface area contributed by atoms with Crippen LogP contribution >= 0.6 is 0 Å². The summed E-state index contributed by atoms with van der Waals surface area (Å²) in [5, 5.41) is 6.94. The molecule has 1 aromatic carbocycles. The molecule has 5 aliphatic rings. The van der Waals surface area contributed by atoms with Crippen molar-refractivity contribution in [1.82, 2.24) is 15.1 Å². The Bertz CT molecular complexity index is 773. The van der Waals surface area contributed by atoms with E-state index < -0.39 is 0 Å². The molecule has 1 spiro atoms. The second-order valence-electron chi connectivity index (χ2n) is 8.81.